The number of benzene rings is 1. The van der Waals surface area contributed by atoms with Crippen molar-refractivity contribution in [2.24, 2.45) is 10.8 Å². The van der Waals surface area contributed by atoms with Gasteiger partial charge in [0, 0.05) is 6.42 Å². The summed E-state index contributed by atoms with van der Waals surface area (Å²) < 4.78 is 15.9. The van der Waals surface area contributed by atoms with E-state index in [4.69, 9.17) is 14.2 Å². The molecule has 0 spiro atoms. The third kappa shape index (κ3) is 6.56. The second kappa shape index (κ2) is 9.87. The molecule has 0 fully saturated rings. The maximum Gasteiger partial charge on any atom is 0.364 e. The SMILES string of the molecule is CCC(C)(C)C(=O)Oc1ccc(C[C@H]([NH3+])C(=O)OC)cc1OC(=O)C(C)(C)CC. The van der Waals surface area contributed by atoms with Gasteiger partial charge in [-0.25, -0.2) is 4.79 Å². The number of ether oxygens (including phenoxy) is 3. The third-order valence-electron chi connectivity index (χ3n) is 5.30. The van der Waals surface area contributed by atoms with E-state index in [0.717, 1.165) is 0 Å². The average molecular weight is 409 g/mol. The van der Waals surface area contributed by atoms with Crippen LogP contribution in [0.2, 0.25) is 0 Å². The Morgan fingerprint density at radius 3 is 1.86 bits per heavy atom. The zero-order valence-electron chi connectivity index (χ0n) is 18.6. The molecule has 1 atom stereocenters. The molecule has 29 heavy (non-hydrogen) atoms. The van der Waals surface area contributed by atoms with Crippen LogP contribution >= 0.6 is 0 Å². The Balaban J connectivity index is 3.24. The topological polar surface area (TPSA) is 107 Å². The van der Waals surface area contributed by atoms with Gasteiger partial charge < -0.3 is 19.9 Å². The van der Waals surface area contributed by atoms with Gasteiger partial charge in [0.05, 0.1) is 17.9 Å². The Labute approximate surface area is 172 Å². The Morgan fingerprint density at radius 1 is 0.931 bits per heavy atom. The normalized spacial score (nSPS) is 12.8. The van der Waals surface area contributed by atoms with E-state index in [1.807, 2.05) is 13.8 Å². The van der Waals surface area contributed by atoms with Crippen LogP contribution in [0.15, 0.2) is 18.2 Å². The number of carbonyl (C=O) groups excluding carboxylic acids is 3. The monoisotopic (exact) mass is 408 g/mol. The van der Waals surface area contributed by atoms with Crippen LogP contribution < -0.4 is 15.2 Å². The lowest BCUT2D eigenvalue weighted by atomic mass is 9.90. The van der Waals surface area contributed by atoms with E-state index in [2.05, 4.69) is 5.73 Å². The Hall–Kier alpha value is -2.41. The molecule has 0 aliphatic carbocycles. The predicted molar refractivity (Wildman–Crippen MR) is 108 cm³/mol. The van der Waals surface area contributed by atoms with Crippen molar-refractivity contribution in [3.8, 4) is 11.5 Å². The Kier molecular flexibility index (Phi) is 8.38. The van der Waals surface area contributed by atoms with Crippen molar-refractivity contribution >= 4 is 17.9 Å². The fourth-order valence-corrected chi connectivity index (χ4v) is 2.14. The fraction of sp³-hybridized carbons (Fsp3) is 0.591. The quantitative estimate of drug-likeness (QED) is 0.497. The summed E-state index contributed by atoms with van der Waals surface area (Å²) in [7, 11) is 1.30. The van der Waals surface area contributed by atoms with Crippen LogP contribution in [0.5, 0.6) is 11.5 Å². The lowest BCUT2D eigenvalue weighted by molar-refractivity contribution is -0.407. The van der Waals surface area contributed by atoms with E-state index < -0.39 is 34.8 Å². The maximum absolute atomic E-state index is 12.6. The molecule has 1 aromatic carbocycles. The molecular formula is C22H34NO6+. The smallest absolute Gasteiger partial charge is 0.364 e. The molecule has 0 aliphatic heterocycles. The molecule has 0 saturated carbocycles. The first-order valence-electron chi connectivity index (χ1n) is 9.86. The van der Waals surface area contributed by atoms with E-state index in [9.17, 15) is 14.4 Å². The summed E-state index contributed by atoms with van der Waals surface area (Å²) in [5.74, 6) is -0.964. The number of hydrogen-bond acceptors (Lipinski definition) is 6. The molecule has 0 amide bonds. The number of quaternary nitrogens is 1. The minimum Gasteiger partial charge on any atom is -0.465 e. The highest BCUT2D eigenvalue weighted by Gasteiger charge is 2.31. The number of hydrogen-bond donors (Lipinski definition) is 1. The van der Waals surface area contributed by atoms with E-state index in [-0.39, 0.29) is 11.5 Å². The number of methoxy groups -OCH3 is 1. The molecule has 7 nitrogen and oxygen atoms in total. The second-order valence-corrected chi connectivity index (χ2v) is 8.46. The molecule has 0 unspecified atom stereocenters. The molecular weight excluding hydrogens is 374 g/mol. The predicted octanol–water partition coefficient (Wildman–Crippen LogP) is 2.70. The van der Waals surface area contributed by atoms with Gasteiger partial charge in [-0.3, -0.25) is 9.59 Å². The summed E-state index contributed by atoms with van der Waals surface area (Å²) in [4.78, 5) is 36.8. The number of carbonyl (C=O) groups is 3. The van der Waals surface area contributed by atoms with Crippen molar-refractivity contribution in [3.05, 3.63) is 23.8 Å². The van der Waals surface area contributed by atoms with Crippen LogP contribution in [-0.2, 0) is 25.5 Å². The van der Waals surface area contributed by atoms with Gasteiger partial charge in [-0.05, 0) is 58.2 Å². The van der Waals surface area contributed by atoms with Crippen molar-refractivity contribution in [2.75, 3.05) is 7.11 Å². The van der Waals surface area contributed by atoms with Crippen molar-refractivity contribution in [1.82, 2.24) is 0 Å². The summed E-state index contributed by atoms with van der Waals surface area (Å²) in [6.45, 7) is 10.9. The molecule has 162 valence electrons. The first kappa shape index (κ1) is 24.6. The molecule has 7 heteroatoms. The summed E-state index contributed by atoms with van der Waals surface area (Å²) in [6, 6.07) is 4.28. The van der Waals surface area contributed by atoms with Crippen LogP contribution in [0.3, 0.4) is 0 Å². The first-order valence-corrected chi connectivity index (χ1v) is 9.86. The van der Waals surface area contributed by atoms with Gasteiger partial charge in [0.25, 0.3) is 0 Å². The molecule has 3 N–H and O–H groups in total. The Morgan fingerprint density at radius 2 is 1.41 bits per heavy atom. The minimum absolute atomic E-state index is 0.145. The van der Waals surface area contributed by atoms with E-state index in [1.54, 1.807) is 45.9 Å². The second-order valence-electron chi connectivity index (χ2n) is 8.46. The molecule has 0 bridgehead atoms. The highest BCUT2D eigenvalue weighted by Crippen LogP contribution is 2.34. The van der Waals surface area contributed by atoms with Crippen LogP contribution in [0, 0.1) is 10.8 Å². The minimum atomic E-state index is -0.694. The summed E-state index contributed by atoms with van der Waals surface area (Å²) in [5.41, 5.74) is 3.14. The number of rotatable bonds is 9. The lowest BCUT2D eigenvalue weighted by Crippen LogP contribution is -2.66. The largest absolute Gasteiger partial charge is 0.465 e. The molecule has 0 saturated heterocycles. The maximum atomic E-state index is 12.6. The van der Waals surface area contributed by atoms with Gasteiger partial charge in [0.15, 0.2) is 17.5 Å². The van der Waals surface area contributed by atoms with Gasteiger partial charge in [-0.15, -0.1) is 0 Å². The zero-order valence-corrected chi connectivity index (χ0v) is 18.6. The van der Waals surface area contributed by atoms with Crippen LogP contribution in [0.4, 0.5) is 0 Å². The number of esters is 3. The summed E-state index contributed by atoms with van der Waals surface area (Å²) in [5, 5.41) is 0. The highest BCUT2D eigenvalue weighted by molar-refractivity contribution is 5.81. The van der Waals surface area contributed by atoms with E-state index in [0.29, 0.717) is 24.8 Å². The molecule has 0 aromatic heterocycles. The van der Waals surface area contributed by atoms with Crippen molar-refractivity contribution in [1.29, 1.82) is 0 Å². The Bertz CT molecular complexity index is 754. The lowest BCUT2D eigenvalue weighted by Gasteiger charge is -2.23. The average Bonchev–Trinajstić information content (AvgIpc) is 2.68. The van der Waals surface area contributed by atoms with Gasteiger partial charge in [-0.1, -0.05) is 19.9 Å². The van der Waals surface area contributed by atoms with Gasteiger partial charge in [0.2, 0.25) is 0 Å². The molecule has 1 rings (SSSR count). The zero-order chi connectivity index (χ0) is 22.4. The van der Waals surface area contributed by atoms with Gasteiger partial charge >= 0.3 is 17.9 Å². The molecule has 1 aromatic rings. The van der Waals surface area contributed by atoms with Crippen LogP contribution in [0.25, 0.3) is 0 Å². The summed E-state index contributed by atoms with van der Waals surface area (Å²) in [6.07, 6.45) is 1.49. The molecule has 0 heterocycles. The van der Waals surface area contributed by atoms with E-state index >= 15 is 0 Å². The standard InChI is InChI=1S/C22H33NO6/c1-8-21(3,4)19(25)28-16-11-10-14(12-15(23)18(24)27-7)13-17(16)29-20(26)22(5,6)9-2/h10-11,13,15H,8-9,12,23H2,1-7H3/p+1/t15-/m0/s1. The van der Waals surface area contributed by atoms with Crippen molar-refractivity contribution in [3.63, 3.8) is 0 Å². The fourth-order valence-electron chi connectivity index (χ4n) is 2.14. The summed E-state index contributed by atoms with van der Waals surface area (Å²) >= 11 is 0. The van der Waals surface area contributed by atoms with Crippen LogP contribution in [-0.4, -0.2) is 31.1 Å². The van der Waals surface area contributed by atoms with Crippen molar-refractivity contribution < 1.29 is 34.3 Å². The van der Waals surface area contributed by atoms with E-state index in [1.165, 1.54) is 7.11 Å². The molecule has 0 aliphatic rings. The molecule has 0 radical (unpaired) electrons. The van der Waals surface area contributed by atoms with Gasteiger partial charge in [0.1, 0.15) is 0 Å². The highest BCUT2D eigenvalue weighted by atomic mass is 16.6. The van der Waals surface area contributed by atoms with Gasteiger partial charge in [-0.2, -0.15) is 0 Å². The third-order valence-corrected chi connectivity index (χ3v) is 5.30. The van der Waals surface area contributed by atoms with Crippen molar-refractivity contribution in [2.45, 2.75) is 66.8 Å². The first-order chi connectivity index (χ1) is 13.4. The van der Waals surface area contributed by atoms with Crippen LogP contribution in [0.1, 0.15) is 59.9 Å².